The summed E-state index contributed by atoms with van der Waals surface area (Å²) in [5, 5.41) is 16.3. The van der Waals surface area contributed by atoms with E-state index in [1.165, 1.54) is 50.5 Å². The molecule has 1 aromatic heterocycles. The Kier molecular flexibility index (Phi) is 6.09. The third-order valence-electron chi connectivity index (χ3n) is 5.58. The monoisotopic (exact) mass is 382 g/mol. The van der Waals surface area contributed by atoms with Gasteiger partial charge in [-0.3, -0.25) is 0 Å². The van der Waals surface area contributed by atoms with Crippen molar-refractivity contribution in [1.82, 2.24) is 15.0 Å². The molecule has 0 spiro atoms. The van der Waals surface area contributed by atoms with Gasteiger partial charge >= 0.3 is 0 Å². The summed E-state index contributed by atoms with van der Waals surface area (Å²) < 4.78 is 0. The lowest BCUT2D eigenvalue weighted by Gasteiger charge is -2.27. The first-order valence-corrected chi connectivity index (χ1v) is 10.6. The fourth-order valence-electron chi connectivity index (χ4n) is 3.98. The van der Waals surface area contributed by atoms with Crippen molar-refractivity contribution < 1.29 is 5.11 Å². The number of piperidine rings is 1. The Morgan fingerprint density at radius 3 is 2.36 bits per heavy atom. The van der Waals surface area contributed by atoms with E-state index in [4.69, 9.17) is 4.98 Å². The molecule has 150 valence electrons. The third-order valence-corrected chi connectivity index (χ3v) is 5.58. The molecule has 1 aromatic carbocycles. The van der Waals surface area contributed by atoms with Crippen molar-refractivity contribution in [2.24, 2.45) is 0 Å². The van der Waals surface area contributed by atoms with Crippen molar-refractivity contribution in [3.8, 4) is 5.75 Å². The van der Waals surface area contributed by atoms with Gasteiger partial charge in [-0.05, 0) is 56.2 Å². The van der Waals surface area contributed by atoms with Crippen LogP contribution in [0, 0.1) is 0 Å². The maximum absolute atomic E-state index is 9.41. The first-order chi connectivity index (χ1) is 13.8. The quantitative estimate of drug-likeness (QED) is 0.675. The maximum Gasteiger partial charge on any atom is 0.231 e. The number of rotatable bonds is 7. The van der Waals surface area contributed by atoms with Gasteiger partial charge in [0.15, 0.2) is 0 Å². The zero-order chi connectivity index (χ0) is 19.2. The number of aromatic hydroxyl groups is 1. The number of hydrogen-bond acceptors (Lipinski definition) is 7. The van der Waals surface area contributed by atoms with Crippen LogP contribution in [0.4, 0.5) is 17.8 Å². The number of anilines is 3. The van der Waals surface area contributed by atoms with Gasteiger partial charge in [0.1, 0.15) is 5.75 Å². The van der Waals surface area contributed by atoms with Crippen molar-refractivity contribution in [1.29, 1.82) is 0 Å². The van der Waals surface area contributed by atoms with Crippen molar-refractivity contribution >= 4 is 17.8 Å². The number of nitrogens with zero attached hydrogens (tertiary/aromatic N) is 4. The lowest BCUT2D eigenvalue weighted by Crippen LogP contribution is -2.32. The average Bonchev–Trinajstić information content (AvgIpc) is 3.23. The van der Waals surface area contributed by atoms with Crippen molar-refractivity contribution in [3.05, 3.63) is 29.8 Å². The summed E-state index contributed by atoms with van der Waals surface area (Å²) in [7, 11) is 0. The summed E-state index contributed by atoms with van der Waals surface area (Å²) in [5.41, 5.74) is 1.17. The number of nitrogens with one attached hydrogen (secondary N) is 2. The van der Waals surface area contributed by atoms with Gasteiger partial charge in [-0.15, -0.1) is 0 Å². The molecule has 1 aliphatic carbocycles. The Morgan fingerprint density at radius 2 is 1.61 bits per heavy atom. The van der Waals surface area contributed by atoms with Crippen LogP contribution in [0.3, 0.4) is 0 Å². The Bertz CT molecular complexity index is 754. The second kappa shape index (κ2) is 9.08. The van der Waals surface area contributed by atoms with E-state index in [2.05, 4.69) is 25.5 Å². The summed E-state index contributed by atoms with van der Waals surface area (Å²) >= 11 is 0. The van der Waals surface area contributed by atoms with E-state index in [1.54, 1.807) is 12.1 Å². The lowest BCUT2D eigenvalue weighted by atomic mass is 10.1. The van der Waals surface area contributed by atoms with E-state index >= 15 is 0 Å². The molecule has 28 heavy (non-hydrogen) atoms. The van der Waals surface area contributed by atoms with Crippen molar-refractivity contribution in [2.75, 3.05) is 35.2 Å². The molecule has 7 heteroatoms. The summed E-state index contributed by atoms with van der Waals surface area (Å²) in [6, 6.07) is 7.79. The van der Waals surface area contributed by atoms with Gasteiger partial charge in [-0.1, -0.05) is 25.0 Å². The molecule has 1 aliphatic heterocycles. The summed E-state index contributed by atoms with van der Waals surface area (Å²) in [4.78, 5) is 16.3. The largest absolute Gasteiger partial charge is 0.508 e. The van der Waals surface area contributed by atoms with E-state index in [-0.39, 0.29) is 0 Å². The first-order valence-electron chi connectivity index (χ1n) is 10.6. The predicted molar refractivity (Wildman–Crippen MR) is 112 cm³/mol. The molecule has 2 aromatic rings. The van der Waals surface area contributed by atoms with Crippen molar-refractivity contribution in [3.63, 3.8) is 0 Å². The number of hydrogen-bond donors (Lipinski definition) is 3. The minimum absolute atomic E-state index is 0.294. The van der Waals surface area contributed by atoms with Gasteiger partial charge < -0.3 is 20.6 Å². The second-order valence-electron chi connectivity index (χ2n) is 7.80. The highest BCUT2D eigenvalue weighted by Gasteiger charge is 2.19. The SMILES string of the molecule is Oc1ccc(CCNc2nc(NC3CCCC3)nc(N3CCCCC3)n2)cc1. The Balaban J connectivity index is 1.44. The molecule has 2 fully saturated rings. The minimum Gasteiger partial charge on any atom is -0.508 e. The summed E-state index contributed by atoms with van der Waals surface area (Å²) in [6.07, 6.45) is 9.45. The fourth-order valence-corrected chi connectivity index (χ4v) is 3.98. The van der Waals surface area contributed by atoms with Crippen LogP contribution in [0.15, 0.2) is 24.3 Å². The Labute approximate surface area is 166 Å². The lowest BCUT2D eigenvalue weighted by molar-refractivity contribution is 0.475. The van der Waals surface area contributed by atoms with Gasteiger partial charge in [0.25, 0.3) is 0 Å². The average molecular weight is 383 g/mol. The fraction of sp³-hybridized carbons (Fsp3) is 0.571. The van der Waals surface area contributed by atoms with Crippen LogP contribution in [-0.4, -0.2) is 45.7 Å². The van der Waals surface area contributed by atoms with Gasteiger partial charge in [0, 0.05) is 25.7 Å². The van der Waals surface area contributed by atoms with Crippen LogP contribution in [0.2, 0.25) is 0 Å². The van der Waals surface area contributed by atoms with E-state index in [0.717, 1.165) is 32.0 Å². The van der Waals surface area contributed by atoms with E-state index in [9.17, 15) is 5.11 Å². The number of phenolic OH excluding ortho intramolecular Hbond substituents is 1. The highest BCUT2D eigenvalue weighted by molar-refractivity contribution is 5.44. The molecule has 2 aliphatic rings. The van der Waals surface area contributed by atoms with Gasteiger partial charge in [-0.2, -0.15) is 15.0 Å². The zero-order valence-corrected chi connectivity index (χ0v) is 16.4. The normalized spacial score (nSPS) is 17.6. The Hall–Kier alpha value is -2.57. The highest BCUT2D eigenvalue weighted by atomic mass is 16.3. The first kappa shape index (κ1) is 18.8. The zero-order valence-electron chi connectivity index (χ0n) is 16.4. The molecule has 0 atom stereocenters. The number of benzene rings is 1. The molecule has 1 saturated heterocycles. The van der Waals surface area contributed by atoms with Gasteiger partial charge in [0.05, 0.1) is 0 Å². The van der Waals surface area contributed by atoms with E-state index in [1.807, 2.05) is 12.1 Å². The van der Waals surface area contributed by atoms with Gasteiger partial charge in [-0.25, -0.2) is 0 Å². The van der Waals surface area contributed by atoms with Crippen LogP contribution in [-0.2, 0) is 6.42 Å². The van der Waals surface area contributed by atoms with E-state index < -0.39 is 0 Å². The summed E-state index contributed by atoms with van der Waals surface area (Å²) in [6.45, 7) is 2.76. The molecule has 4 rings (SSSR count). The van der Waals surface area contributed by atoms with Crippen LogP contribution >= 0.6 is 0 Å². The molecule has 0 amide bonds. The molecular formula is C21H30N6O. The Morgan fingerprint density at radius 1 is 0.893 bits per heavy atom. The molecule has 2 heterocycles. The molecule has 3 N–H and O–H groups in total. The topological polar surface area (TPSA) is 86.2 Å². The molecule has 7 nitrogen and oxygen atoms in total. The van der Waals surface area contributed by atoms with Gasteiger partial charge in [0.2, 0.25) is 17.8 Å². The molecule has 0 radical (unpaired) electrons. The molecule has 0 bridgehead atoms. The van der Waals surface area contributed by atoms with Crippen molar-refractivity contribution in [2.45, 2.75) is 57.4 Å². The van der Waals surface area contributed by atoms with Crippen LogP contribution in [0.5, 0.6) is 5.75 Å². The highest BCUT2D eigenvalue weighted by Crippen LogP contribution is 2.23. The minimum atomic E-state index is 0.294. The molecular weight excluding hydrogens is 352 g/mol. The smallest absolute Gasteiger partial charge is 0.231 e. The third kappa shape index (κ3) is 5.03. The number of phenols is 1. The second-order valence-corrected chi connectivity index (χ2v) is 7.80. The van der Waals surface area contributed by atoms with E-state index in [0.29, 0.717) is 23.7 Å². The predicted octanol–water partition coefficient (Wildman–Crippen LogP) is 3.58. The van der Waals surface area contributed by atoms with Crippen LogP contribution in [0.1, 0.15) is 50.5 Å². The number of aromatic nitrogens is 3. The molecule has 1 saturated carbocycles. The standard InChI is InChI=1S/C21H30N6O/c28-18-10-8-16(9-11-18)12-13-22-19-24-20(23-17-6-2-3-7-17)26-21(25-19)27-14-4-1-5-15-27/h8-11,17,28H,1-7,12-15H2,(H2,22,23,24,25,26). The summed E-state index contributed by atoms with van der Waals surface area (Å²) in [5.74, 6) is 2.40. The molecule has 0 unspecified atom stereocenters. The maximum atomic E-state index is 9.41. The van der Waals surface area contributed by atoms with Crippen LogP contribution in [0.25, 0.3) is 0 Å². The van der Waals surface area contributed by atoms with Crippen LogP contribution < -0.4 is 15.5 Å².